The summed E-state index contributed by atoms with van der Waals surface area (Å²) < 4.78 is 2.04. The number of aromatic amines is 1. The van der Waals surface area contributed by atoms with Crippen molar-refractivity contribution in [3.05, 3.63) is 87.9 Å². The van der Waals surface area contributed by atoms with Crippen molar-refractivity contribution in [2.24, 2.45) is 7.05 Å². The number of nitrogens with zero attached hydrogens (tertiary/aromatic N) is 4. The Labute approximate surface area is 186 Å². The van der Waals surface area contributed by atoms with Gasteiger partial charge in [0.15, 0.2) is 0 Å². The molecule has 1 fully saturated rings. The van der Waals surface area contributed by atoms with Gasteiger partial charge in [0.25, 0.3) is 5.56 Å². The van der Waals surface area contributed by atoms with Gasteiger partial charge in [-0.25, -0.2) is 10.1 Å². The smallest absolute Gasteiger partial charge is 0.272 e. The van der Waals surface area contributed by atoms with Gasteiger partial charge in [0.05, 0.1) is 23.0 Å². The Balaban J connectivity index is 1.45. The van der Waals surface area contributed by atoms with Crippen molar-refractivity contribution in [3.8, 4) is 0 Å². The van der Waals surface area contributed by atoms with Gasteiger partial charge in [-0.3, -0.25) is 9.69 Å². The van der Waals surface area contributed by atoms with Crippen LogP contribution in [-0.4, -0.2) is 37.7 Å². The summed E-state index contributed by atoms with van der Waals surface area (Å²) in [5.41, 5.74) is 4.14. The number of hydrogen-bond acceptors (Lipinski definition) is 5. The summed E-state index contributed by atoms with van der Waals surface area (Å²) in [6, 6.07) is 14.7. The number of hydrogen-bond donors (Lipinski definition) is 2. The molecule has 4 heterocycles. The molecule has 32 heavy (non-hydrogen) atoms. The van der Waals surface area contributed by atoms with Gasteiger partial charge >= 0.3 is 0 Å². The van der Waals surface area contributed by atoms with Gasteiger partial charge in [-0.15, -0.1) is 0 Å². The molecule has 0 bridgehead atoms. The fraction of sp³-hybridized carbons (Fsp3) is 0.320. The predicted molar refractivity (Wildman–Crippen MR) is 125 cm³/mol. The topological polar surface area (TPSA) is 78.8 Å². The van der Waals surface area contributed by atoms with E-state index >= 15 is 0 Å². The van der Waals surface area contributed by atoms with Crippen molar-refractivity contribution in [1.82, 2.24) is 24.6 Å². The standard InChI is InChI=1S/C25H26N6O/c1-30-14-11-26-24(30)21-22(17-9-7-16(8-10-17)15-31-12-2-3-13-31)27-19-6-4-5-18-20(19)23(21)28-29-25(18)32/h4-11,14,21-22,27H,2-3,12-13,15H2,1H3,(H,29,32). The van der Waals surface area contributed by atoms with Crippen molar-refractivity contribution in [1.29, 1.82) is 0 Å². The molecule has 2 N–H and O–H groups in total. The molecule has 7 heteroatoms. The van der Waals surface area contributed by atoms with Gasteiger partial charge in [0, 0.05) is 37.1 Å². The number of imidazole rings is 1. The number of aryl methyl sites for hydroxylation is 1. The van der Waals surface area contributed by atoms with E-state index in [-0.39, 0.29) is 17.5 Å². The average molecular weight is 427 g/mol. The molecule has 0 aliphatic carbocycles. The number of aromatic nitrogens is 4. The average Bonchev–Trinajstić information content (AvgIpc) is 3.48. The summed E-state index contributed by atoms with van der Waals surface area (Å²) in [5, 5.41) is 12.5. The molecule has 2 unspecified atom stereocenters. The van der Waals surface area contributed by atoms with E-state index in [4.69, 9.17) is 0 Å². The van der Waals surface area contributed by atoms with Gasteiger partial charge < -0.3 is 9.88 Å². The van der Waals surface area contributed by atoms with Crippen LogP contribution in [0.5, 0.6) is 0 Å². The summed E-state index contributed by atoms with van der Waals surface area (Å²) in [4.78, 5) is 19.6. The minimum Gasteiger partial charge on any atom is -0.377 e. The first-order chi connectivity index (χ1) is 15.7. The maximum atomic E-state index is 12.4. The van der Waals surface area contributed by atoms with E-state index in [1.807, 2.05) is 42.2 Å². The molecule has 0 spiro atoms. The highest BCUT2D eigenvalue weighted by Gasteiger charge is 2.37. The van der Waals surface area contributed by atoms with Crippen LogP contribution in [0.3, 0.4) is 0 Å². The van der Waals surface area contributed by atoms with Crippen molar-refractivity contribution >= 4 is 16.5 Å². The molecule has 0 saturated carbocycles. The normalized spacial score (nSPS) is 20.5. The molecule has 0 amide bonds. The largest absolute Gasteiger partial charge is 0.377 e. The van der Waals surface area contributed by atoms with Crippen LogP contribution in [0.25, 0.3) is 10.8 Å². The summed E-state index contributed by atoms with van der Waals surface area (Å²) in [6.45, 7) is 3.39. The van der Waals surface area contributed by atoms with Gasteiger partial charge in [0.1, 0.15) is 5.82 Å². The highest BCUT2D eigenvalue weighted by molar-refractivity contribution is 5.97. The number of anilines is 1. The van der Waals surface area contributed by atoms with Crippen LogP contribution in [0.4, 0.5) is 5.69 Å². The van der Waals surface area contributed by atoms with E-state index < -0.39 is 0 Å². The van der Waals surface area contributed by atoms with Gasteiger partial charge in [0.2, 0.25) is 0 Å². The first-order valence-corrected chi connectivity index (χ1v) is 11.3. The second-order valence-electron chi connectivity index (χ2n) is 8.89. The third kappa shape index (κ3) is 3.12. The molecule has 1 saturated heterocycles. The number of likely N-dealkylation sites (tertiary alicyclic amines) is 1. The molecule has 2 aliphatic rings. The zero-order valence-corrected chi connectivity index (χ0v) is 18.1. The maximum Gasteiger partial charge on any atom is 0.272 e. The Morgan fingerprint density at radius 2 is 1.91 bits per heavy atom. The molecule has 0 radical (unpaired) electrons. The molecule has 162 valence electrons. The van der Waals surface area contributed by atoms with E-state index in [2.05, 4.69) is 49.7 Å². The van der Waals surface area contributed by atoms with Gasteiger partial charge in [-0.2, -0.15) is 5.10 Å². The lowest BCUT2D eigenvalue weighted by Gasteiger charge is -2.34. The first kappa shape index (κ1) is 19.3. The molecule has 6 rings (SSSR count). The van der Waals surface area contributed by atoms with Crippen LogP contribution >= 0.6 is 0 Å². The summed E-state index contributed by atoms with van der Waals surface area (Å²) in [6.07, 6.45) is 6.37. The molecular formula is C25H26N6O. The zero-order valence-electron chi connectivity index (χ0n) is 18.1. The van der Waals surface area contributed by atoms with E-state index in [0.717, 1.165) is 29.1 Å². The minimum atomic E-state index is -0.171. The monoisotopic (exact) mass is 426 g/mol. The van der Waals surface area contributed by atoms with E-state index in [1.54, 1.807) is 0 Å². The highest BCUT2D eigenvalue weighted by Crippen LogP contribution is 2.45. The number of nitrogens with one attached hydrogen (secondary N) is 2. The quantitative estimate of drug-likeness (QED) is 0.522. The summed E-state index contributed by atoms with van der Waals surface area (Å²) in [7, 11) is 2.00. The fourth-order valence-corrected chi connectivity index (χ4v) is 5.25. The van der Waals surface area contributed by atoms with Crippen molar-refractivity contribution in [2.75, 3.05) is 18.4 Å². The summed E-state index contributed by atoms with van der Waals surface area (Å²) in [5.74, 6) is 0.785. The van der Waals surface area contributed by atoms with Gasteiger partial charge in [-0.05, 0) is 49.2 Å². The molecule has 2 aromatic heterocycles. The Morgan fingerprint density at radius 3 is 2.66 bits per heavy atom. The third-order valence-corrected chi connectivity index (χ3v) is 6.86. The second-order valence-corrected chi connectivity index (χ2v) is 8.89. The van der Waals surface area contributed by atoms with Crippen molar-refractivity contribution in [2.45, 2.75) is 31.3 Å². The second kappa shape index (κ2) is 7.60. The molecule has 2 atom stereocenters. The maximum absolute atomic E-state index is 12.4. The third-order valence-electron chi connectivity index (χ3n) is 6.86. The number of rotatable bonds is 4. The van der Waals surface area contributed by atoms with Gasteiger partial charge in [-0.1, -0.05) is 30.3 Å². The van der Waals surface area contributed by atoms with Crippen LogP contribution in [0.1, 0.15) is 47.4 Å². The Morgan fingerprint density at radius 1 is 1.09 bits per heavy atom. The Kier molecular flexibility index (Phi) is 4.57. The fourth-order valence-electron chi connectivity index (χ4n) is 5.25. The number of H-pyrrole nitrogens is 1. The molecule has 4 aromatic rings. The SMILES string of the molecule is Cn1ccnc1C1c2n[nH]c(=O)c3cccc(c23)NC1c1ccc(CN2CCCC2)cc1. The van der Waals surface area contributed by atoms with Crippen LogP contribution < -0.4 is 10.9 Å². The zero-order chi connectivity index (χ0) is 21.7. The Hall–Kier alpha value is -3.45. The molecular weight excluding hydrogens is 400 g/mol. The Bertz CT molecular complexity index is 1330. The van der Waals surface area contributed by atoms with Crippen LogP contribution in [0.15, 0.2) is 59.7 Å². The molecule has 2 aliphatic heterocycles. The number of benzene rings is 2. The van der Waals surface area contributed by atoms with E-state index in [9.17, 15) is 4.79 Å². The van der Waals surface area contributed by atoms with Crippen LogP contribution in [0.2, 0.25) is 0 Å². The lowest BCUT2D eigenvalue weighted by molar-refractivity contribution is 0.331. The molecule has 2 aromatic carbocycles. The van der Waals surface area contributed by atoms with Crippen molar-refractivity contribution in [3.63, 3.8) is 0 Å². The van der Waals surface area contributed by atoms with E-state index in [1.165, 1.54) is 37.1 Å². The lowest BCUT2D eigenvalue weighted by Crippen LogP contribution is -2.29. The predicted octanol–water partition coefficient (Wildman–Crippen LogP) is 3.55. The first-order valence-electron chi connectivity index (χ1n) is 11.3. The minimum absolute atomic E-state index is 0.0477. The van der Waals surface area contributed by atoms with Crippen LogP contribution in [0, 0.1) is 0 Å². The summed E-state index contributed by atoms with van der Waals surface area (Å²) >= 11 is 0. The van der Waals surface area contributed by atoms with Crippen molar-refractivity contribution < 1.29 is 0 Å². The lowest BCUT2D eigenvalue weighted by atomic mass is 9.83. The van der Waals surface area contributed by atoms with Crippen LogP contribution in [-0.2, 0) is 13.6 Å². The highest BCUT2D eigenvalue weighted by atomic mass is 16.1. The molecule has 7 nitrogen and oxygen atoms in total. The van der Waals surface area contributed by atoms with E-state index in [0.29, 0.717) is 5.39 Å².